The van der Waals surface area contributed by atoms with Crippen LogP contribution in [0.3, 0.4) is 0 Å². The summed E-state index contributed by atoms with van der Waals surface area (Å²) in [5.41, 5.74) is 0. The molecule has 0 aromatic heterocycles. The van der Waals surface area contributed by atoms with Gasteiger partial charge in [-0.15, -0.1) is 0 Å². The van der Waals surface area contributed by atoms with Crippen LogP contribution in [-0.2, 0) is 4.74 Å². The summed E-state index contributed by atoms with van der Waals surface area (Å²) >= 11 is 0. The molecule has 0 aliphatic carbocycles. The number of β-amino-alcohol motifs (C(OH)–C–C–N with tert-alkyl or cyclic N) is 1. The van der Waals surface area contributed by atoms with Crippen molar-refractivity contribution in [2.24, 2.45) is 0 Å². The second-order valence-corrected chi connectivity index (χ2v) is 4.45. The highest BCUT2D eigenvalue weighted by molar-refractivity contribution is 4.77. The first-order chi connectivity index (χ1) is 7.93. The van der Waals surface area contributed by atoms with Gasteiger partial charge in [-0.2, -0.15) is 13.2 Å². The molecule has 2 unspecified atom stereocenters. The van der Waals surface area contributed by atoms with Crippen molar-refractivity contribution in [3.05, 3.63) is 0 Å². The Bertz CT molecular complexity index is 223. The van der Waals surface area contributed by atoms with Crippen LogP contribution in [0.1, 0.15) is 26.2 Å². The van der Waals surface area contributed by atoms with Gasteiger partial charge in [0.2, 0.25) is 0 Å². The van der Waals surface area contributed by atoms with Gasteiger partial charge in [-0.05, 0) is 25.8 Å². The lowest BCUT2D eigenvalue weighted by atomic mass is 10.1. The van der Waals surface area contributed by atoms with Crippen LogP contribution in [0.4, 0.5) is 13.2 Å². The van der Waals surface area contributed by atoms with E-state index in [-0.39, 0.29) is 12.6 Å². The largest absolute Gasteiger partial charge is 0.415 e. The van der Waals surface area contributed by atoms with Gasteiger partial charge in [-0.1, -0.05) is 6.92 Å². The van der Waals surface area contributed by atoms with Crippen LogP contribution in [0.2, 0.25) is 0 Å². The summed E-state index contributed by atoms with van der Waals surface area (Å²) in [6.07, 6.45) is -4.17. The molecule has 0 amide bonds. The zero-order valence-electron chi connectivity index (χ0n) is 10.0. The van der Waals surface area contributed by atoms with Crippen molar-refractivity contribution < 1.29 is 23.0 Å². The number of ether oxygens (including phenoxy) is 1. The molecule has 0 spiro atoms. The molecule has 1 aliphatic heterocycles. The lowest BCUT2D eigenvalue weighted by molar-refractivity contribution is -0.209. The summed E-state index contributed by atoms with van der Waals surface area (Å²) in [7, 11) is 0. The Kier molecular flexibility index (Phi) is 5.69. The molecule has 1 saturated heterocycles. The van der Waals surface area contributed by atoms with Crippen LogP contribution in [0.25, 0.3) is 0 Å². The van der Waals surface area contributed by atoms with E-state index in [9.17, 15) is 13.2 Å². The van der Waals surface area contributed by atoms with E-state index >= 15 is 0 Å². The topological polar surface area (TPSA) is 32.7 Å². The lowest BCUT2D eigenvalue weighted by Gasteiger charge is -2.34. The van der Waals surface area contributed by atoms with E-state index < -0.39 is 12.3 Å². The molecular weight excluding hydrogens is 235 g/mol. The average molecular weight is 255 g/mol. The second-order valence-electron chi connectivity index (χ2n) is 4.45. The first-order valence-corrected chi connectivity index (χ1v) is 6.02. The second kappa shape index (κ2) is 6.56. The van der Waals surface area contributed by atoms with Gasteiger partial charge in [0.15, 0.2) is 6.10 Å². The predicted molar refractivity (Wildman–Crippen MR) is 57.8 cm³/mol. The van der Waals surface area contributed by atoms with Crippen molar-refractivity contribution in [1.29, 1.82) is 0 Å². The first kappa shape index (κ1) is 14.7. The molecule has 1 rings (SSSR count). The number of hydrogen-bond acceptors (Lipinski definition) is 3. The van der Waals surface area contributed by atoms with Gasteiger partial charge >= 0.3 is 6.18 Å². The Morgan fingerprint density at radius 2 is 2.18 bits per heavy atom. The van der Waals surface area contributed by atoms with Gasteiger partial charge in [0.05, 0.1) is 6.10 Å². The Balaban J connectivity index is 2.34. The normalized spacial score (nSPS) is 24.9. The van der Waals surface area contributed by atoms with E-state index in [2.05, 4.69) is 0 Å². The molecular formula is C11H20F3NO2. The summed E-state index contributed by atoms with van der Waals surface area (Å²) in [5, 5.41) is 8.99. The van der Waals surface area contributed by atoms with Crippen molar-refractivity contribution in [3.63, 3.8) is 0 Å². The number of hydrogen-bond donors (Lipinski definition) is 1. The average Bonchev–Trinajstić information content (AvgIpc) is 2.25. The summed E-state index contributed by atoms with van der Waals surface area (Å²) < 4.78 is 42.1. The van der Waals surface area contributed by atoms with Crippen LogP contribution in [0, 0.1) is 0 Å². The summed E-state index contributed by atoms with van der Waals surface area (Å²) in [4.78, 5) is 1.63. The molecule has 0 radical (unpaired) electrons. The fourth-order valence-corrected chi connectivity index (χ4v) is 1.95. The van der Waals surface area contributed by atoms with Crippen LogP contribution in [0.5, 0.6) is 0 Å². The molecule has 1 aliphatic rings. The van der Waals surface area contributed by atoms with Crippen LogP contribution in [-0.4, -0.2) is 54.6 Å². The number of alkyl halides is 3. The van der Waals surface area contributed by atoms with Crippen LogP contribution >= 0.6 is 0 Å². The standard InChI is InChI=1S/C11H20F3NO2/c1-2-6-17-9-4-3-5-15(7-9)8-10(16)11(12,13)14/h9-10,16H,2-8H2,1H3. The van der Waals surface area contributed by atoms with Crippen molar-refractivity contribution in [3.8, 4) is 0 Å². The summed E-state index contributed by atoms with van der Waals surface area (Å²) in [5.74, 6) is 0. The Labute approximate surface area is 99.5 Å². The van der Waals surface area contributed by atoms with Crippen LogP contribution in [0.15, 0.2) is 0 Å². The maximum atomic E-state index is 12.2. The summed E-state index contributed by atoms with van der Waals surface area (Å²) in [6.45, 7) is 3.36. The highest BCUT2D eigenvalue weighted by atomic mass is 19.4. The number of halogens is 3. The molecule has 1 heterocycles. The molecule has 1 N–H and O–H groups in total. The van der Waals surface area contributed by atoms with Gasteiger partial charge in [0.25, 0.3) is 0 Å². The molecule has 2 atom stereocenters. The molecule has 1 fully saturated rings. The highest BCUT2D eigenvalue weighted by Gasteiger charge is 2.39. The summed E-state index contributed by atoms with van der Waals surface area (Å²) in [6, 6.07) is 0. The van der Waals surface area contributed by atoms with Gasteiger partial charge in [0.1, 0.15) is 0 Å². The molecule has 102 valence electrons. The quantitative estimate of drug-likeness (QED) is 0.813. The van der Waals surface area contributed by atoms with Crippen molar-refractivity contribution in [2.75, 3.05) is 26.2 Å². The van der Waals surface area contributed by atoms with Crippen molar-refractivity contribution in [2.45, 2.75) is 44.6 Å². The number of nitrogens with zero attached hydrogens (tertiary/aromatic N) is 1. The fraction of sp³-hybridized carbons (Fsp3) is 1.00. The van der Waals surface area contributed by atoms with E-state index in [0.717, 1.165) is 19.3 Å². The predicted octanol–water partition coefficient (Wildman–Crippen LogP) is 1.80. The fourth-order valence-electron chi connectivity index (χ4n) is 1.95. The third-order valence-corrected chi connectivity index (χ3v) is 2.83. The monoisotopic (exact) mass is 255 g/mol. The van der Waals surface area contributed by atoms with Crippen molar-refractivity contribution >= 4 is 0 Å². The Morgan fingerprint density at radius 1 is 1.47 bits per heavy atom. The number of rotatable bonds is 5. The van der Waals surface area contributed by atoms with Gasteiger partial charge in [0, 0.05) is 19.7 Å². The van der Waals surface area contributed by atoms with E-state index in [1.165, 1.54) is 0 Å². The maximum absolute atomic E-state index is 12.2. The molecule has 0 bridgehead atoms. The lowest BCUT2D eigenvalue weighted by Crippen LogP contribution is -2.47. The molecule has 0 aromatic rings. The smallest absolute Gasteiger partial charge is 0.382 e. The first-order valence-electron chi connectivity index (χ1n) is 6.02. The zero-order valence-corrected chi connectivity index (χ0v) is 10.0. The third kappa shape index (κ3) is 5.23. The van der Waals surface area contributed by atoms with E-state index in [4.69, 9.17) is 9.84 Å². The molecule has 3 nitrogen and oxygen atoms in total. The van der Waals surface area contributed by atoms with Gasteiger partial charge in [-0.25, -0.2) is 0 Å². The Hall–Kier alpha value is -0.330. The minimum Gasteiger partial charge on any atom is -0.382 e. The zero-order chi connectivity index (χ0) is 12.9. The number of aliphatic hydroxyl groups excluding tert-OH is 1. The van der Waals surface area contributed by atoms with Crippen LogP contribution < -0.4 is 0 Å². The van der Waals surface area contributed by atoms with E-state index in [0.29, 0.717) is 19.7 Å². The molecule has 6 heteroatoms. The van der Waals surface area contributed by atoms with Crippen molar-refractivity contribution in [1.82, 2.24) is 4.90 Å². The minimum absolute atomic E-state index is 0.00383. The molecule has 0 aromatic carbocycles. The highest BCUT2D eigenvalue weighted by Crippen LogP contribution is 2.22. The van der Waals surface area contributed by atoms with E-state index in [1.807, 2.05) is 6.92 Å². The minimum atomic E-state index is -4.53. The maximum Gasteiger partial charge on any atom is 0.415 e. The molecule has 17 heavy (non-hydrogen) atoms. The Morgan fingerprint density at radius 3 is 2.76 bits per heavy atom. The number of aliphatic hydroxyl groups is 1. The van der Waals surface area contributed by atoms with Gasteiger partial charge < -0.3 is 9.84 Å². The van der Waals surface area contributed by atoms with Gasteiger partial charge in [-0.3, -0.25) is 4.90 Å². The van der Waals surface area contributed by atoms with E-state index in [1.54, 1.807) is 4.90 Å². The molecule has 0 saturated carbocycles. The SMILES string of the molecule is CCCOC1CCCN(CC(O)C(F)(F)F)C1. The number of likely N-dealkylation sites (tertiary alicyclic amines) is 1. The third-order valence-electron chi connectivity index (χ3n) is 2.83. The number of piperidine rings is 1.